The van der Waals surface area contributed by atoms with E-state index in [1.54, 1.807) is 30.3 Å². The molecule has 0 fully saturated rings. The molecule has 18 heavy (non-hydrogen) atoms. The molecule has 2 aromatic carbocycles. The van der Waals surface area contributed by atoms with E-state index in [0.29, 0.717) is 5.69 Å². The van der Waals surface area contributed by atoms with E-state index in [4.69, 9.17) is 5.11 Å². The summed E-state index contributed by atoms with van der Waals surface area (Å²) in [5, 5.41) is 11.5. The van der Waals surface area contributed by atoms with Gasteiger partial charge in [-0.3, -0.25) is 0 Å². The first-order valence-electron chi connectivity index (χ1n) is 5.13. The lowest BCUT2D eigenvalue weighted by Crippen LogP contribution is -2.06. The zero-order chi connectivity index (χ0) is 13.1. The fraction of sp³-hybridized carbons (Fsp3) is 0. The second-order valence-electron chi connectivity index (χ2n) is 3.58. The third-order valence-electron chi connectivity index (χ3n) is 2.37. The second-order valence-corrected chi connectivity index (χ2v) is 3.58. The van der Waals surface area contributed by atoms with Crippen molar-refractivity contribution in [2.45, 2.75) is 0 Å². The van der Waals surface area contributed by atoms with E-state index in [-0.39, 0.29) is 11.3 Å². The monoisotopic (exact) mass is 249 g/mol. The molecule has 0 aliphatic carbocycles. The van der Waals surface area contributed by atoms with Crippen molar-refractivity contribution in [3.05, 3.63) is 59.7 Å². The van der Waals surface area contributed by atoms with Crippen molar-refractivity contribution in [2.24, 2.45) is 0 Å². The summed E-state index contributed by atoms with van der Waals surface area (Å²) < 4.78 is 26.7. The van der Waals surface area contributed by atoms with Crippen LogP contribution >= 0.6 is 0 Å². The van der Waals surface area contributed by atoms with Crippen LogP contribution in [0.25, 0.3) is 0 Å². The van der Waals surface area contributed by atoms with Crippen molar-refractivity contribution >= 4 is 17.3 Å². The summed E-state index contributed by atoms with van der Waals surface area (Å²) >= 11 is 0. The molecule has 92 valence electrons. The molecule has 2 rings (SSSR count). The Morgan fingerprint density at radius 3 is 2.33 bits per heavy atom. The van der Waals surface area contributed by atoms with Gasteiger partial charge in [0.05, 0.1) is 11.3 Å². The number of rotatable bonds is 3. The molecule has 0 aromatic heterocycles. The fourth-order valence-corrected chi connectivity index (χ4v) is 1.52. The Morgan fingerprint density at radius 2 is 1.72 bits per heavy atom. The first kappa shape index (κ1) is 12.0. The normalized spacial score (nSPS) is 10.1. The molecule has 2 N–H and O–H groups in total. The average Bonchev–Trinajstić information content (AvgIpc) is 2.36. The van der Waals surface area contributed by atoms with Crippen molar-refractivity contribution in [2.75, 3.05) is 5.32 Å². The highest BCUT2D eigenvalue weighted by Gasteiger charge is 2.18. The maximum atomic E-state index is 13.6. The molecule has 2 aromatic rings. The molecular formula is C13H9F2NO2. The third-order valence-corrected chi connectivity index (χ3v) is 2.37. The number of benzene rings is 2. The number of carbonyl (C=O) groups is 1. The van der Waals surface area contributed by atoms with Crippen LogP contribution in [-0.2, 0) is 0 Å². The molecular weight excluding hydrogens is 240 g/mol. The Hall–Kier alpha value is -2.43. The van der Waals surface area contributed by atoms with Crippen LogP contribution in [0.1, 0.15) is 10.4 Å². The van der Waals surface area contributed by atoms with Gasteiger partial charge in [0, 0.05) is 5.69 Å². The molecule has 0 spiro atoms. The summed E-state index contributed by atoms with van der Waals surface area (Å²) in [7, 11) is 0. The molecule has 0 saturated heterocycles. The largest absolute Gasteiger partial charge is 0.478 e. The van der Waals surface area contributed by atoms with E-state index in [1.165, 1.54) is 0 Å². The van der Waals surface area contributed by atoms with E-state index < -0.39 is 17.6 Å². The van der Waals surface area contributed by atoms with Gasteiger partial charge in [-0.25, -0.2) is 13.6 Å². The maximum absolute atomic E-state index is 13.6. The summed E-state index contributed by atoms with van der Waals surface area (Å²) in [5.74, 6) is -3.63. The van der Waals surface area contributed by atoms with Crippen molar-refractivity contribution in [3.8, 4) is 0 Å². The standard InChI is InChI=1S/C13H9F2NO2/c14-10-7-6-9(13(17)18)12(11(10)15)16-8-4-2-1-3-5-8/h1-7,16H,(H,17,18). The van der Waals surface area contributed by atoms with E-state index in [2.05, 4.69) is 5.32 Å². The van der Waals surface area contributed by atoms with Crippen LogP contribution < -0.4 is 5.32 Å². The summed E-state index contributed by atoms with van der Waals surface area (Å²) in [6.45, 7) is 0. The molecule has 0 unspecified atom stereocenters. The predicted octanol–water partition coefficient (Wildman–Crippen LogP) is 3.41. The second kappa shape index (κ2) is 4.83. The number of carboxylic acids is 1. The Kier molecular flexibility index (Phi) is 3.23. The van der Waals surface area contributed by atoms with Crippen molar-refractivity contribution in [1.29, 1.82) is 0 Å². The smallest absolute Gasteiger partial charge is 0.337 e. The lowest BCUT2D eigenvalue weighted by Gasteiger charge is -2.11. The highest BCUT2D eigenvalue weighted by atomic mass is 19.2. The molecule has 0 heterocycles. The first-order valence-corrected chi connectivity index (χ1v) is 5.13. The summed E-state index contributed by atoms with van der Waals surface area (Å²) in [6, 6.07) is 10.2. The lowest BCUT2D eigenvalue weighted by molar-refractivity contribution is 0.0697. The Morgan fingerprint density at radius 1 is 1.06 bits per heavy atom. The molecule has 5 heteroatoms. The zero-order valence-corrected chi connectivity index (χ0v) is 9.15. The van der Waals surface area contributed by atoms with Gasteiger partial charge in [0.2, 0.25) is 0 Å². The van der Waals surface area contributed by atoms with Gasteiger partial charge in [-0.1, -0.05) is 18.2 Å². The number of carboxylic acid groups (broad SMARTS) is 1. The number of anilines is 2. The van der Waals surface area contributed by atoms with Crippen LogP contribution in [-0.4, -0.2) is 11.1 Å². The minimum atomic E-state index is -1.33. The highest BCUT2D eigenvalue weighted by Crippen LogP contribution is 2.26. The zero-order valence-electron chi connectivity index (χ0n) is 9.15. The average molecular weight is 249 g/mol. The first-order chi connectivity index (χ1) is 8.59. The number of hydrogen-bond acceptors (Lipinski definition) is 2. The SMILES string of the molecule is O=C(O)c1ccc(F)c(F)c1Nc1ccccc1. The molecule has 3 nitrogen and oxygen atoms in total. The number of aromatic carboxylic acids is 1. The Balaban J connectivity index is 2.48. The number of hydrogen-bond donors (Lipinski definition) is 2. The highest BCUT2D eigenvalue weighted by molar-refractivity contribution is 5.95. The van der Waals surface area contributed by atoms with Gasteiger partial charge >= 0.3 is 5.97 Å². The maximum Gasteiger partial charge on any atom is 0.337 e. The topological polar surface area (TPSA) is 49.3 Å². The summed E-state index contributed by atoms with van der Waals surface area (Å²) in [4.78, 5) is 10.9. The molecule has 0 aliphatic rings. The minimum Gasteiger partial charge on any atom is -0.478 e. The van der Waals surface area contributed by atoms with Crippen molar-refractivity contribution < 1.29 is 18.7 Å². The molecule has 0 radical (unpaired) electrons. The number of para-hydroxylation sites is 1. The Labute approximate surface area is 102 Å². The van der Waals surface area contributed by atoms with Gasteiger partial charge in [-0.15, -0.1) is 0 Å². The van der Waals surface area contributed by atoms with Crippen LogP contribution in [0.4, 0.5) is 20.2 Å². The molecule has 0 atom stereocenters. The predicted molar refractivity (Wildman–Crippen MR) is 63.0 cm³/mol. The van der Waals surface area contributed by atoms with E-state index in [9.17, 15) is 13.6 Å². The molecule has 0 saturated carbocycles. The van der Waals surface area contributed by atoms with Crippen LogP contribution in [0, 0.1) is 11.6 Å². The number of nitrogens with one attached hydrogen (secondary N) is 1. The van der Waals surface area contributed by atoms with Crippen LogP contribution in [0.15, 0.2) is 42.5 Å². The van der Waals surface area contributed by atoms with Crippen LogP contribution in [0.5, 0.6) is 0 Å². The molecule has 0 aliphatic heterocycles. The number of halogens is 2. The van der Waals surface area contributed by atoms with Gasteiger partial charge < -0.3 is 10.4 Å². The van der Waals surface area contributed by atoms with E-state index >= 15 is 0 Å². The van der Waals surface area contributed by atoms with Crippen LogP contribution in [0.3, 0.4) is 0 Å². The van der Waals surface area contributed by atoms with Crippen molar-refractivity contribution in [3.63, 3.8) is 0 Å². The minimum absolute atomic E-state index is 0.322. The molecule has 0 bridgehead atoms. The summed E-state index contributed by atoms with van der Waals surface area (Å²) in [6.07, 6.45) is 0. The molecule has 0 amide bonds. The lowest BCUT2D eigenvalue weighted by atomic mass is 10.1. The van der Waals surface area contributed by atoms with Gasteiger partial charge in [0.25, 0.3) is 0 Å². The van der Waals surface area contributed by atoms with Crippen molar-refractivity contribution in [1.82, 2.24) is 0 Å². The quantitative estimate of drug-likeness (QED) is 0.876. The van der Waals surface area contributed by atoms with Gasteiger partial charge in [0.1, 0.15) is 0 Å². The van der Waals surface area contributed by atoms with Gasteiger partial charge in [0.15, 0.2) is 11.6 Å². The Bertz CT molecular complexity index is 585. The fourth-order valence-electron chi connectivity index (χ4n) is 1.52. The summed E-state index contributed by atoms with van der Waals surface area (Å²) in [5.41, 5.74) is -0.226. The third kappa shape index (κ3) is 2.29. The van der Waals surface area contributed by atoms with Gasteiger partial charge in [-0.05, 0) is 24.3 Å². The van der Waals surface area contributed by atoms with E-state index in [1.807, 2.05) is 0 Å². The van der Waals surface area contributed by atoms with E-state index in [0.717, 1.165) is 12.1 Å². The van der Waals surface area contributed by atoms with Gasteiger partial charge in [-0.2, -0.15) is 0 Å². The van der Waals surface area contributed by atoms with Crippen LogP contribution in [0.2, 0.25) is 0 Å².